The minimum absolute atomic E-state index is 0.0488. The van der Waals surface area contributed by atoms with Crippen LogP contribution in [0.4, 0.5) is 0 Å². The maximum absolute atomic E-state index is 11.1. The van der Waals surface area contributed by atoms with Crippen LogP contribution in [0.3, 0.4) is 0 Å². The summed E-state index contributed by atoms with van der Waals surface area (Å²) in [7, 11) is 0. The number of rotatable bonds is 32. The van der Waals surface area contributed by atoms with Crippen molar-refractivity contribution in [2.75, 3.05) is 26.2 Å². The van der Waals surface area contributed by atoms with Crippen molar-refractivity contribution in [1.29, 1.82) is 0 Å². The smallest absolute Gasteiger partial charge is 0.336 e. The third-order valence-electron chi connectivity index (χ3n) is 10.4. The molecule has 0 saturated heterocycles. The summed E-state index contributed by atoms with van der Waals surface area (Å²) in [5, 5.41) is 20.1. The number of carbonyl (C=O) groups excluding carboxylic acids is 1. The van der Waals surface area contributed by atoms with Gasteiger partial charge in [0.05, 0.1) is 37.7 Å². The zero-order valence-electron chi connectivity index (χ0n) is 33.9. The number of quaternary nitrogens is 1. The molecule has 5 nitrogen and oxygen atoms in total. The molecule has 0 atom stereocenters. The van der Waals surface area contributed by atoms with Crippen molar-refractivity contribution < 1.29 is 24.3 Å². The van der Waals surface area contributed by atoms with E-state index in [1.54, 1.807) is 36.4 Å². The molecular weight excluding hydrogens is 663 g/mol. The molecule has 0 amide bonds. The van der Waals surface area contributed by atoms with Gasteiger partial charge in [-0.25, -0.2) is 4.79 Å². The lowest BCUT2D eigenvalue weighted by atomic mass is 10.0. The first-order valence-corrected chi connectivity index (χ1v) is 22.3. The molecule has 52 heavy (non-hydrogen) atoms. The molecule has 296 valence electrons. The van der Waals surface area contributed by atoms with E-state index in [1.807, 2.05) is 0 Å². The average Bonchev–Trinajstić information content (AvgIpc) is 3.14. The fourth-order valence-electron chi connectivity index (χ4n) is 7.16. The highest BCUT2D eigenvalue weighted by molar-refractivity contribution is 7.99. The Labute approximate surface area is 324 Å². The first kappa shape index (κ1) is 47.7. The zero-order valence-corrected chi connectivity index (χ0v) is 34.8. The number of unbranched alkanes of at least 4 members (excludes halogenated alkanes) is 20. The van der Waals surface area contributed by atoms with Crippen molar-refractivity contribution >= 4 is 23.7 Å². The van der Waals surface area contributed by atoms with Gasteiger partial charge in [-0.1, -0.05) is 173 Å². The summed E-state index contributed by atoms with van der Waals surface area (Å²) < 4.78 is 1.48. The standard InChI is InChI=1S/C32H68N.C14H10O4S/c1-5-9-13-17-21-25-29-33(30-26-22-18-14-10-6-2,31-27-23-19-15-11-7-3)32-28-24-20-16-12-8-4;15-13(16)9-5-1-3-7-11(9)19-12-8-4-2-6-10(12)14(17)18/h5-32H2,1-4H3;1-8H,(H,15,16)(H,17,18)/q+1;/p-1. The van der Waals surface area contributed by atoms with Gasteiger partial charge in [0.1, 0.15) is 0 Å². The Balaban J connectivity index is 0.000000595. The van der Waals surface area contributed by atoms with Gasteiger partial charge >= 0.3 is 5.97 Å². The molecule has 0 bridgehead atoms. The van der Waals surface area contributed by atoms with Crippen LogP contribution in [0.5, 0.6) is 0 Å². The Morgan fingerprint density at radius 3 is 1.10 bits per heavy atom. The van der Waals surface area contributed by atoms with E-state index in [-0.39, 0.29) is 11.1 Å². The highest BCUT2D eigenvalue weighted by Gasteiger charge is 2.25. The normalized spacial score (nSPS) is 11.3. The lowest BCUT2D eigenvalue weighted by molar-refractivity contribution is -0.929. The molecule has 0 radical (unpaired) electrons. The van der Waals surface area contributed by atoms with Crippen molar-refractivity contribution in [3.63, 3.8) is 0 Å². The van der Waals surface area contributed by atoms with Gasteiger partial charge < -0.3 is 19.5 Å². The van der Waals surface area contributed by atoms with E-state index in [0.717, 1.165) is 11.8 Å². The number of nitrogens with zero attached hydrogens (tertiary/aromatic N) is 1. The second-order valence-corrected chi connectivity index (χ2v) is 16.1. The highest BCUT2D eigenvalue weighted by Crippen LogP contribution is 2.32. The minimum atomic E-state index is -1.28. The van der Waals surface area contributed by atoms with Gasteiger partial charge in [-0.2, -0.15) is 0 Å². The Morgan fingerprint density at radius 2 is 0.769 bits per heavy atom. The van der Waals surface area contributed by atoms with Crippen LogP contribution in [-0.2, 0) is 0 Å². The summed E-state index contributed by atoms with van der Waals surface area (Å²) in [6.07, 6.45) is 34.8. The van der Waals surface area contributed by atoms with Crippen molar-refractivity contribution in [3.05, 3.63) is 59.7 Å². The SMILES string of the molecule is CCCCCCCC[N+](CCCCCCCC)(CCCCCCCC)CCCCCCCC.O=C([O-])c1ccccc1Sc1ccccc1C(=O)O. The van der Waals surface area contributed by atoms with Crippen LogP contribution >= 0.6 is 11.8 Å². The zero-order chi connectivity index (χ0) is 38.1. The molecule has 0 spiro atoms. The van der Waals surface area contributed by atoms with Gasteiger partial charge in [-0.15, -0.1) is 0 Å². The quantitative estimate of drug-likeness (QED) is 0.0597. The largest absolute Gasteiger partial charge is 0.545 e. The summed E-state index contributed by atoms with van der Waals surface area (Å²) >= 11 is 1.10. The Kier molecular flexibility index (Phi) is 29.5. The molecule has 6 heteroatoms. The van der Waals surface area contributed by atoms with Crippen LogP contribution in [0.1, 0.15) is 203 Å². The number of benzene rings is 2. The van der Waals surface area contributed by atoms with Gasteiger partial charge in [0, 0.05) is 15.4 Å². The van der Waals surface area contributed by atoms with Crippen molar-refractivity contribution in [3.8, 4) is 0 Å². The lowest BCUT2D eigenvalue weighted by Crippen LogP contribution is -2.50. The topological polar surface area (TPSA) is 77.4 Å². The molecule has 2 rings (SSSR count). The number of aromatic carboxylic acids is 2. The molecular formula is C46H77NO4S. The van der Waals surface area contributed by atoms with Crippen LogP contribution in [0.25, 0.3) is 0 Å². The lowest BCUT2D eigenvalue weighted by Gasteiger charge is -2.40. The fourth-order valence-corrected chi connectivity index (χ4v) is 8.21. The maximum Gasteiger partial charge on any atom is 0.336 e. The van der Waals surface area contributed by atoms with Crippen molar-refractivity contribution in [2.45, 2.75) is 192 Å². The second kappa shape index (κ2) is 32.1. The third kappa shape index (κ3) is 22.7. The molecule has 1 N–H and O–H groups in total. The van der Waals surface area contributed by atoms with Crippen LogP contribution in [-0.4, -0.2) is 47.7 Å². The molecule has 0 aliphatic heterocycles. The Morgan fingerprint density at radius 1 is 0.481 bits per heavy atom. The average molecular weight is 740 g/mol. The number of carboxylic acids is 2. The maximum atomic E-state index is 11.1. The Bertz CT molecular complexity index is 1040. The van der Waals surface area contributed by atoms with E-state index in [2.05, 4.69) is 27.7 Å². The molecule has 0 saturated carbocycles. The van der Waals surface area contributed by atoms with Gasteiger partial charge in [0.15, 0.2) is 0 Å². The molecule has 0 aliphatic rings. The third-order valence-corrected chi connectivity index (χ3v) is 11.5. The van der Waals surface area contributed by atoms with Crippen LogP contribution in [0, 0.1) is 0 Å². The number of carbonyl (C=O) groups is 2. The summed E-state index contributed by atoms with van der Waals surface area (Å²) in [6.45, 7) is 15.3. The molecule has 2 aromatic carbocycles. The van der Waals surface area contributed by atoms with Crippen LogP contribution < -0.4 is 5.11 Å². The summed E-state index contributed by atoms with van der Waals surface area (Å²) in [5.41, 5.74) is 0.188. The number of carboxylic acid groups (broad SMARTS) is 2. The summed E-state index contributed by atoms with van der Waals surface area (Å²) in [5.74, 6) is -2.33. The summed E-state index contributed by atoms with van der Waals surface area (Å²) in [4.78, 5) is 23.0. The van der Waals surface area contributed by atoms with Gasteiger partial charge in [-0.05, 0) is 69.6 Å². The molecule has 0 unspecified atom stereocenters. The predicted molar refractivity (Wildman–Crippen MR) is 222 cm³/mol. The van der Waals surface area contributed by atoms with Gasteiger partial charge in [0.2, 0.25) is 0 Å². The van der Waals surface area contributed by atoms with E-state index in [1.165, 1.54) is 197 Å². The van der Waals surface area contributed by atoms with E-state index >= 15 is 0 Å². The minimum Gasteiger partial charge on any atom is -0.545 e. The van der Waals surface area contributed by atoms with Crippen molar-refractivity contribution in [1.82, 2.24) is 0 Å². The van der Waals surface area contributed by atoms with E-state index in [9.17, 15) is 14.7 Å². The molecule has 2 aromatic rings. The van der Waals surface area contributed by atoms with E-state index < -0.39 is 11.9 Å². The highest BCUT2D eigenvalue weighted by atomic mass is 32.2. The molecule has 0 aromatic heterocycles. The van der Waals surface area contributed by atoms with E-state index in [0.29, 0.717) is 9.79 Å². The fraction of sp³-hybridized carbons (Fsp3) is 0.696. The first-order chi connectivity index (χ1) is 25.3. The van der Waals surface area contributed by atoms with Crippen LogP contribution in [0.15, 0.2) is 58.3 Å². The molecule has 0 aliphatic carbocycles. The van der Waals surface area contributed by atoms with E-state index in [4.69, 9.17) is 5.11 Å². The predicted octanol–water partition coefficient (Wildman–Crippen LogP) is 13.1. The monoisotopic (exact) mass is 740 g/mol. The molecule has 0 fully saturated rings. The van der Waals surface area contributed by atoms with Gasteiger partial charge in [-0.3, -0.25) is 0 Å². The van der Waals surface area contributed by atoms with Crippen LogP contribution in [0.2, 0.25) is 0 Å². The summed E-state index contributed by atoms with van der Waals surface area (Å²) in [6, 6.07) is 12.8. The molecule has 0 heterocycles. The Hall–Kier alpha value is -2.31. The van der Waals surface area contributed by atoms with Crippen molar-refractivity contribution in [2.24, 2.45) is 0 Å². The first-order valence-electron chi connectivity index (χ1n) is 21.5. The second-order valence-electron chi connectivity index (χ2n) is 15.0. The number of hydrogen-bond acceptors (Lipinski definition) is 4. The van der Waals surface area contributed by atoms with Gasteiger partial charge in [0.25, 0.3) is 0 Å². The number of hydrogen-bond donors (Lipinski definition) is 1.